The average Bonchev–Trinajstić information content (AvgIpc) is 2.58. The molecule has 78 valence electrons. The minimum Gasteiger partial charge on any atom is -0.366 e. The van der Waals surface area contributed by atoms with Gasteiger partial charge in [0.15, 0.2) is 0 Å². The summed E-state index contributed by atoms with van der Waals surface area (Å²) >= 11 is 0. The van der Waals surface area contributed by atoms with Gasteiger partial charge in [0.05, 0.1) is 0 Å². The van der Waals surface area contributed by atoms with Crippen molar-refractivity contribution in [3.05, 3.63) is 29.3 Å². The summed E-state index contributed by atoms with van der Waals surface area (Å²) in [4.78, 5) is 0. The van der Waals surface area contributed by atoms with Crippen molar-refractivity contribution in [2.24, 2.45) is 0 Å². The molecule has 0 aliphatic carbocycles. The van der Waals surface area contributed by atoms with Crippen LogP contribution in [0.3, 0.4) is 0 Å². The maximum atomic E-state index is 13.4. The molecule has 0 bridgehead atoms. The van der Waals surface area contributed by atoms with Crippen LogP contribution in [-0.2, 0) is 0 Å². The lowest BCUT2D eigenvalue weighted by molar-refractivity contribution is 0.578. The van der Waals surface area contributed by atoms with E-state index in [0.29, 0.717) is 0 Å². The molecule has 0 unspecified atom stereocenters. The van der Waals surface area contributed by atoms with E-state index >= 15 is 0 Å². The molecule has 0 fully saturated rings. The van der Waals surface area contributed by atoms with Crippen molar-refractivity contribution in [2.45, 2.75) is 6.92 Å². The molecule has 0 saturated heterocycles. The molecule has 0 radical (unpaired) electrons. The fourth-order valence-electron chi connectivity index (χ4n) is 1.16. The maximum Gasteiger partial charge on any atom is 0.245 e. The minimum absolute atomic E-state index is 0.0999. The zero-order valence-electron chi connectivity index (χ0n) is 7.78. The largest absolute Gasteiger partial charge is 0.366 e. The van der Waals surface area contributed by atoms with E-state index in [1.165, 1.54) is 6.92 Å². The molecular weight excluding hydrogens is 204 g/mol. The monoisotopic (exact) mass is 211 g/mol. The van der Waals surface area contributed by atoms with Crippen LogP contribution < -0.4 is 5.73 Å². The second-order valence-corrected chi connectivity index (χ2v) is 3.00. The van der Waals surface area contributed by atoms with Gasteiger partial charge in [-0.05, 0) is 29.0 Å². The summed E-state index contributed by atoms with van der Waals surface area (Å²) in [6.45, 7) is 1.46. The van der Waals surface area contributed by atoms with Gasteiger partial charge in [-0.1, -0.05) is 5.10 Å². The molecule has 1 heterocycles. The summed E-state index contributed by atoms with van der Waals surface area (Å²) in [7, 11) is 0. The van der Waals surface area contributed by atoms with Crippen molar-refractivity contribution in [2.75, 3.05) is 5.73 Å². The van der Waals surface area contributed by atoms with Gasteiger partial charge in [0.2, 0.25) is 5.95 Å². The highest BCUT2D eigenvalue weighted by Crippen LogP contribution is 2.18. The zero-order chi connectivity index (χ0) is 11.0. The molecule has 0 spiro atoms. The molecule has 0 atom stereocenters. The quantitative estimate of drug-likeness (QED) is 0.758. The topological polar surface area (TPSA) is 69.6 Å². The number of nitrogens with two attached hydrogens (primary N) is 1. The molecule has 0 amide bonds. The number of aryl methyl sites for hydroxylation is 1. The van der Waals surface area contributed by atoms with Gasteiger partial charge >= 0.3 is 0 Å². The second kappa shape index (κ2) is 3.26. The Bertz CT molecular complexity index is 508. The normalized spacial score (nSPS) is 10.6. The molecule has 1 aromatic heterocycles. The van der Waals surface area contributed by atoms with E-state index < -0.39 is 11.6 Å². The predicted molar refractivity (Wildman–Crippen MR) is 48.2 cm³/mol. The number of nitrogen functional groups attached to an aromatic ring is 1. The Morgan fingerprint density at radius 3 is 2.60 bits per heavy atom. The third kappa shape index (κ3) is 1.51. The Kier molecular flexibility index (Phi) is 2.07. The molecule has 5 nitrogen and oxygen atoms in total. The van der Waals surface area contributed by atoms with E-state index in [-0.39, 0.29) is 17.2 Å². The number of nitrogens with zero attached hydrogens (tertiary/aromatic N) is 4. The van der Waals surface area contributed by atoms with Crippen LogP contribution in [0.1, 0.15) is 5.56 Å². The highest BCUT2D eigenvalue weighted by atomic mass is 19.1. The average molecular weight is 211 g/mol. The first-order valence-electron chi connectivity index (χ1n) is 4.09. The molecule has 2 N–H and O–H groups in total. The van der Waals surface area contributed by atoms with Crippen molar-refractivity contribution in [1.29, 1.82) is 0 Å². The number of anilines is 1. The number of hydrogen-bond acceptors (Lipinski definition) is 4. The first-order chi connectivity index (χ1) is 7.09. The van der Waals surface area contributed by atoms with Crippen LogP contribution in [0, 0.1) is 18.6 Å². The number of tetrazole rings is 1. The van der Waals surface area contributed by atoms with E-state index in [0.717, 1.165) is 16.8 Å². The van der Waals surface area contributed by atoms with Gasteiger partial charge in [-0.15, -0.1) is 0 Å². The van der Waals surface area contributed by atoms with Crippen LogP contribution in [-0.4, -0.2) is 20.2 Å². The van der Waals surface area contributed by atoms with E-state index in [4.69, 9.17) is 5.73 Å². The number of aromatic nitrogens is 4. The van der Waals surface area contributed by atoms with Crippen molar-refractivity contribution in [3.8, 4) is 5.69 Å². The van der Waals surface area contributed by atoms with Crippen LogP contribution in [0.25, 0.3) is 5.69 Å². The fourth-order valence-corrected chi connectivity index (χ4v) is 1.16. The van der Waals surface area contributed by atoms with Gasteiger partial charge in [0, 0.05) is 6.07 Å². The SMILES string of the molecule is Cc1cc(F)c(-n2nnnc2N)cc1F. The Balaban J connectivity index is 2.64. The third-order valence-corrected chi connectivity index (χ3v) is 1.95. The van der Waals surface area contributed by atoms with Gasteiger partial charge < -0.3 is 5.73 Å². The first kappa shape index (κ1) is 9.50. The van der Waals surface area contributed by atoms with Crippen molar-refractivity contribution < 1.29 is 8.78 Å². The number of hydrogen-bond donors (Lipinski definition) is 1. The second-order valence-electron chi connectivity index (χ2n) is 3.00. The number of benzene rings is 1. The summed E-state index contributed by atoms with van der Waals surface area (Å²) in [5.74, 6) is -1.27. The molecule has 2 rings (SSSR count). The summed E-state index contributed by atoms with van der Waals surface area (Å²) in [6.07, 6.45) is 0. The van der Waals surface area contributed by atoms with Gasteiger partial charge in [-0.3, -0.25) is 0 Å². The highest BCUT2D eigenvalue weighted by Gasteiger charge is 2.12. The van der Waals surface area contributed by atoms with E-state index in [2.05, 4.69) is 15.5 Å². The number of halogens is 2. The molecule has 0 saturated carbocycles. The first-order valence-corrected chi connectivity index (χ1v) is 4.09. The standard InChI is InChI=1S/C8H7F2N5/c1-4-2-6(10)7(3-5(4)9)15-8(11)12-13-14-15/h2-3H,1H3,(H2,11,12,14). The molecule has 1 aromatic carbocycles. The molecular formula is C8H7F2N5. The summed E-state index contributed by atoms with van der Waals surface area (Å²) in [5, 5.41) is 10.1. The van der Waals surface area contributed by atoms with Crippen LogP contribution in [0.2, 0.25) is 0 Å². The Morgan fingerprint density at radius 2 is 2.00 bits per heavy atom. The van der Waals surface area contributed by atoms with Gasteiger partial charge in [0.25, 0.3) is 0 Å². The third-order valence-electron chi connectivity index (χ3n) is 1.95. The lowest BCUT2D eigenvalue weighted by Crippen LogP contribution is -2.06. The lowest BCUT2D eigenvalue weighted by Gasteiger charge is -2.04. The van der Waals surface area contributed by atoms with E-state index in [9.17, 15) is 8.78 Å². The Labute approximate surface area is 83.5 Å². The molecule has 2 aromatic rings. The summed E-state index contributed by atoms with van der Waals surface area (Å²) in [6, 6.07) is 2.06. The van der Waals surface area contributed by atoms with Gasteiger partial charge in [-0.25, -0.2) is 8.78 Å². The van der Waals surface area contributed by atoms with Gasteiger partial charge in [-0.2, -0.15) is 4.68 Å². The van der Waals surface area contributed by atoms with Gasteiger partial charge in [0.1, 0.15) is 17.3 Å². The van der Waals surface area contributed by atoms with Crippen LogP contribution in [0.4, 0.5) is 14.7 Å². The number of rotatable bonds is 1. The predicted octanol–water partition coefficient (Wildman–Crippen LogP) is 0.831. The zero-order valence-corrected chi connectivity index (χ0v) is 7.78. The fraction of sp³-hybridized carbons (Fsp3) is 0.125. The van der Waals surface area contributed by atoms with Crippen LogP contribution in [0.5, 0.6) is 0 Å². The molecule has 15 heavy (non-hydrogen) atoms. The van der Waals surface area contributed by atoms with Crippen LogP contribution in [0.15, 0.2) is 12.1 Å². The van der Waals surface area contributed by atoms with Crippen LogP contribution >= 0.6 is 0 Å². The molecule has 0 aliphatic heterocycles. The molecule has 0 aliphatic rings. The van der Waals surface area contributed by atoms with Crippen molar-refractivity contribution in [3.63, 3.8) is 0 Å². The summed E-state index contributed by atoms with van der Waals surface area (Å²) in [5.41, 5.74) is 5.47. The van der Waals surface area contributed by atoms with Crippen molar-refractivity contribution >= 4 is 5.95 Å². The molecule has 7 heteroatoms. The lowest BCUT2D eigenvalue weighted by atomic mass is 10.2. The Hall–Kier alpha value is -2.05. The highest BCUT2D eigenvalue weighted by molar-refractivity contribution is 5.40. The minimum atomic E-state index is -0.632. The Morgan fingerprint density at radius 1 is 1.27 bits per heavy atom. The van der Waals surface area contributed by atoms with E-state index in [1.807, 2.05) is 0 Å². The smallest absolute Gasteiger partial charge is 0.245 e. The van der Waals surface area contributed by atoms with Crippen molar-refractivity contribution in [1.82, 2.24) is 20.2 Å². The maximum absolute atomic E-state index is 13.4. The van der Waals surface area contributed by atoms with E-state index in [1.54, 1.807) is 0 Å². The summed E-state index contributed by atoms with van der Waals surface area (Å²) < 4.78 is 27.6.